The number of hydrogen-bond acceptors (Lipinski definition) is 6. The van der Waals surface area contributed by atoms with E-state index in [1.54, 1.807) is 0 Å². The fraction of sp³-hybridized carbons (Fsp3) is 0.444. The summed E-state index contributed by atoms with van der Waals surface area (Å²) in [6.45, 7) is 0. The summed E-state index contributed by atoms with van der Waals surface area (Å²) in [4.78, 5) is 25.3. The number of carbonyl (C=O) groups is 2. The van der Waals surface area contributed by atoms with Gasteiger partial charge in [-0.05, 0) is 0 Å². The molecule has 0 spiro atoms. The Morgan fingerprint density at radius 3 is 2.67 bits per heavy atom. The van der Waals surface area contributed by atoms with E-state index >= 15 is 0 Å². The van der Waals surface area contributed by atoms with E-state index in [1.807, 2.05) is 0 Å². The van der Waals surface area contributed by atoms with E-state index in [-0.39, 0.29) is 12.2 Å². The van der Waals surface area contributed by atoms with E-state index < -0.39 is 24.0 Å². The molecular weight excluding hydrogens is 260 g/mol. The Balaban J connectivity index is 2.63. The summed E-state index contributed by atoms with van der Waals surface area (Å²) < 4.78 is 1.35. The minimum Gasteiger partial charge on any atom is -0.480 e. The summed E-state index contributed by atoms with van der Waals surface area (Å²) >= 11 is 3.90. The van der Waals surface area contributed by atoms with Crippen LogP contribution in [0.3, 0.4) is 0 Å². The SMILES string of the molecule is N[C@@H](Cc1cn(N[C@@H](CS)C(=O)O)cn1)C(=O)O. The maximum absolute atomic E-state index is 10.8. The molecular formula is C9H14N4O4S. The second-order valence-corrected chi connectivity index (χ2v) is 3.99. The molecule has 0 aliphatic heterocycles. The lowest BCUT2D eigenvalue weighted by atomic mass is 10.2. The van der Waals surface area contributed by atoms with Crippen molar-refractivity contribution in [3.63, 3.8) is 0 Å². The van der Waals surface area contributed by atoms with Crippen molar-refractivity contribution >= 4 is 24.6 Å². The number of aliphatic carboxylic acids is 2. The normalized spacial score (nSPS) is 13.9. The zero-order chi connectivity index (χ0) is 13.7. The molecule has 100 valence electrons. The molecule has 0 radical (unpaired) electrons. The fourth-order valence-corrected chi connectivity index (χ4v) is 1.44. The summed E-state index contributed by atoms with van der Waals surface area (Å²) in [6, 6.07) is -1.89. The van der Waals surface area contributed by atoms with Crippen molar-refractivity contribution in [1.29, 1.82) is 0 Å². The van der Waals surface area contributed by atoms with Gasteiger partial charge in [0.2, 0.25) is 0 Å². The minimum absolute atomic E-state index is 0.0721. The molecule has 0 saturated carbocycles. The van der Waals surface area contributed by atoms with Gasteiger partial charge in [0, 0.05) is 18.4 Å². The number of carboxylic acids is 2. The van der Waals surface area contributed by atoms with Gasteiger partial charge >= 0.3 is 11.9 Å². The molecule has 0 fully saturated rings. The molecule has 0 aromatic carbocycles. The van der Waals surface area contributed by atoms with Gasteiger partial charge in [0.05, 0.1) is 5.69 Å². The van der Waals surface area contributed by atoms with Gasteiger partial charge in [-0.3, -0.25) is 9.47 Å². The lowest BCUT2D eigenvalue weighted by molar-refractivity contribution is -0.139. The van der Waals surface area contributed by atoms with E-state index in [0.29, 0.717) is 5.69 Å². The standard InChI is InChI=1S/C9H14N4O4S/c10-6(8(14)15)1-5-2-13(4-11-5)12-7(3-18)9(16)17/h2,4,6-7,12,18H,1,3,10H2,(H,14,15)(H,16,17)/t6-,7-/m0/s1. The molecule has 0 aliphatic carbocycles. The average molecular weight is 274 g/mol. The first kappa shape index (κ1) is 14.3. The molecule has 1 aromatic rings. The lowest BCUT2D eigenvalue weighted by Gasteiger charge is -2.13. The van der Waals surface area contributed by atoms with Crippen molar-refractivity contribution < 1.29 is 19.8 Å². The number of aromatic nitrogens is 2. The molecule has 8 nitrogen and oxygen atoms in total. The highest BCUT2D eigenvalue weighted by Crippen LogP contribution is 2.00. The van der Waals surface area contributed by atoms with Gasteiger partial charge in [-0.25, -0.2) is 9.78 Å². The summed E-state index contributed by atoms with van der Waals surface area (Å²) in [5.41, 5.74) is 8.46. The zero-order valence-corrected chi connectivity index (χ0v) is 10.2. The Morgan fingerprint density at radius 2 is 2.17 bits per heavy atom. The van der Waals surface area contributed by atoms with Crippen LogP contribution in [0.2, 0.25) is 0 Å². The van der Waals surface area contributed by atoms with Gasteiger partial charge in [0.1, 0.15) is 18.4 Å². The number of nitrogens with zero attached hydrogens (tertiary/aromatic N) is 2. The molecule has 9 heteroatoms. The fourth-order valence-electron chi connectivity index (χ4n) is 1.21. The predicted octanol–water partition coefficient (Wildman–Crippen LogP) is -1.24. The van der Waals surface area contributed by atoms with Gasteiger partial charge in [0.25, 0.3) is 0 Å². The van der Waals surface area contributed by atoms with Crippen molar-refractivity contribution in [2.24, 2.45) is 5.73 Å². The third-order valence-electron chi connectivity index (χ3n) is 2.17. The average Bonchev–Trinajstić information content (AvgIpc) is 2.72. The molecule has 0 saturated heterocycles. The number of imidazole rings is 1. The first-order valence-electron chi connectivity index (χ1n) is 5.05. The molecule has 1 rings (SSSR count). The van der Waals surface area contributed by atoms with Crippen molar-refractivity contribution in [3.05, 3.63) is 18.2 Å². The van der Waals surface area contributed by atoms with Crippen LogP contribution in [0, 0.1) is 0 Å². The highest BCUT2D eigenvalue weighted by atomic mass is 32.1. The van der Waals surface area contributed by atoms with E-state index in [9.17, 15) is 9.59 Å². The Hall–Kier alpha value is -1.74. The van der Waals surface area contributed by atoms with Gasteiger partial charge < -0.3 is 21.4 Å². The quantitative estimate of drug-likeness (QED) is 0.393. The molecule has 2 atom stereocenters. The maximum atomic E-state index is 10.8. The van der Waals surface area contributed by atoms with E-state index in [0.717, 1.165) is 0 Å². The lowest BCUT2D eigenvalue weighted by Crippen LogP contribution is -2.36. The Kier molecular flexibility index (Phi) is 4.98. The van der Waals surface area contributed by atoms with Crippen LogP contribution in [-0.4, -0.2) is 49.6 Å². The summed E-state index contributed by atoms with van der Waals surface area (Å²) in [7, 11) is 0. The van der Waals surface area contributed by atoms with E-state index in [2.05, 4.69) is 23.0 Å². The number of thiol groups is 1. The monoisotopic (exact) mass is 274 g/mol. The highest BCUT2D eigenvalue weighted by molar-refractivity contribution is 7.80. The third-order valence-corrected chi connectivity index (χ3v) is 2.53. The van der Waals surface area contributed by atoms with Crippen molar-refractivity contribution in [2.45, 2.75) is 18.5 Å². The van der Waals surface area contributed by atoms with Crippen LogP contribution >= 0.6 is 12.6 Å². The second kappa shape index (κ2) is 6.26. The van der Waals surface area contributed by atoms with Crippen LogP contribution in [0.25, 0.3) is 0 Å². The van der Waals surface area contributed by atoms with E-state index in [1.165, 1.54) is 17.2 Å². The number of nitrogens with two attached hydrogens (primary N) is 1. The van der Waals surface area contributed by atoms with Crippen LogP contribution in [-0.2, 0) is 16.0 Å². The van der Waals surface area contributed by atoms with Crippen LogP contribution in [0.5, 0.6) is 0 Å². The molecule has 0 unspecified atom stereocenters. The largest absolute Gasteiger partial charge is 0.480 e. The first-order chi connectivity index (χ1) is 8.43. The van der Waals surface area contributed by atoms with Crippen LogP contribution < -0.4 is 11.2 Å². The number of carboxylic acid groups (broad SMARTS) is 2. The van der Waals surface area contributed by atoms with Crippen molar-refractivity contribution in [2.75, 3.05) is 11.2 Å². The zero-order valence-electron chi connectivity index (χ0n) is 9.35. The number of hydrogen-bond donors (Lipinski definition) is 5. The predicted molar refractivity (Wildman–Crippen MR) is 66.2 cm³/mol. The molecule has 0 amide bonds. The van der Waals surface area contributed by atoms with Crippen molar-refractivity contribution in [1.82, 2.24) is 9.66 Å². The summed E-state index contributed by atoms with van der Waals surface area (Å²) in [5.74, 6) is -2.05. The first-order valence-corrected chi connectivity index (χ1v) is 5.68. The topological polar surface area (TPSA) is 130 Å². The molecule has 0 bridgehead atoms. The number of nitrogens with one attached hydrogen (secondary N) is 1. The second-order valence-electron chi connectivity index (χ2n) is 3.62. The van der Waals surface area contributed by atoms with Gasteiger partial charge in [-0.15, -0.1) is 0 Å². The Bertz CT molecular complexity index is 436. The van der Waals surface area contributed by atoms with Gasteiger partial charge in [-0.1, -0.05) is 0 Å². The maximum Gasteiger partial charge on any atom is 0.328 e. The van der Waals surface area contributed by atoms with Gasteiger partial charge in [-0.2, -0.15) is 12.6 Å². The van der Waals surface area contributed by atoms with Crippen molar-refractivity contribution in [3.8, 4) is 0 Å². The highest BCUT2D eigenvalue weighted by Gasteiger charge is 2.17. The van der Waals surface area contributed by atoms with E-state index in [4.69, 9.17) is 15.9 Å². The minimum atomic E-state index is -1.11. The molecule has 1 heterocycles. The smallest absolute Gasteiger partial charge is 0.328 e. The molecule has 0 aliphatic rings. The molecule has 1 aromatic heterocycles. The number of rotatable bonds is 7. The Labute approximate surface area is 108 Å². The Morgan fingerprint density at radius 1 is 1.50 bits per heavy atom. The third kappa shape index (κ3) is 3.93. The molecule has 5 N–H and O–H groups in total. The summed E-state index contributed by atoms with van der Waals surface area (Å²) in [6.07, 6.45) is 2.91. The van der Waals surface area contributed by atoms with Crippen LogP contribution in [0.1, 0.15) is 5.69 Å². The van der Waals surface area contributed by atoms with Gasteiger partial charge in [0.15, 0.2) is 0 Å². The van der Waals surface area contributed by atoms with Crippen LogP contribution in [0.4, 0.5) is 0 Å². The molecule has 18 heavy (non-hydrogen) atoms. The summed E-state index contributed by atoms with van der Waals surface area (Å²) in [5, 5.41) is 17.5. The van der Waals surface area contributed by atoms with Crippen LogP contribution in [0.15, 0.2) is 12.5 Å².